The number of thiazole rings is 1. The van der Waals surface area contributed by atoms with Gasteiger partial charge >= 0.3 is 29.6 Å². The van der Waals surface area contributed by atoms with Crippen molar-refractivity contribution in [2.75, 3.05) is 17.2 Å². The molecule has 1 unspecified atom stereocenters. The predicted molar refractivity (Wildman–Crippen MR) is 117 cm³/mol. The van der Waals surface area contributed by atoms with Gasteiger partial charge < -0.3 is 26.2 Å². The summed E-state index contributed by atoms with van der Waals surface area (Å²) < 4.78 is 0.693. The number of aromatic nitrogens is 3. The first-order chi connectivity index (χ1) is 15.3. The molecule has 2 aliphatic heterocycles. The van der Waals surface area contributed by atoms with Crippen LogP contribution in [-0.2, 0) is 14.4 Å². The summed E-state index contributed by atoms with van der Waals surface area (Å²) in [5.41, 5.74) is 5.54. The Kier molecular flexibility index (Phi) is 8.41. The molecule has 2 amide bonds. The average molecular weight is 536 g/mol. The number of fused-ring (bicyclic) bond motifs is 1. The third-order valence-corrected chi connectivity index (χ3v) is 8.56. The summed E-state index contributed by atoms with van der Waals surface area (Å²) in [5.74, 6) is -2.25. The number of anilines is 1. The fraction of sp³-hybridized carbons (Fsp3) is 0.312. The molecule has 2 atom stereocenters. The number of hydrogen-bond acceptors (Lipinski definition) is 14. The minimum absolute atomic E-state index is 0. The van der Waals surface area contributed by atoms with Crippen LogP contribution >= 0.6 is 46.2 Å². The van der Waals surface area contributed by atoms with E-state index < -0.39 is 34.9 Å². The molecule has 17 heteroatoms. The summed E-state index contributed by atoms with van der Waals surface area (Å²) in [7, 11) is 0. The zero-order valence-corrected chi connectivity index (χ0v) is 22.4. The molecule has 2 aliphatic rings. The number of thioether (sulfide) groups is 2. The molecule has 0 radical (unpaired) electrons. The quantitative estimate of drug-likeness (QED) is 0.0790. The summed E-state index contributed by atoms with van der Waals surface area (Å²) in [4.78, 5) is 42.1. The molecule has 168 valence electrons. The number of carboxylic acids is 1. The number of aliphatic carboxylic acids is 1. The fourth-order valence-electron chi connectivity index (χ4n) is 3.09. The van der Waals surface area contributed by atoms with Crippen LogP contribution in [0.3, 0.4) is 0 Å². The molecule has 0 aromatic carbocycles. The van der Waals surface area contributed by atoms with Crippen molar-refractivity contribution in [3.05, 3.63) is 27.4 Å². The molecular weight excluding hydrogens is 521 g/mol. The number of carbonyl (C=O) groups is 3. The van der Waals surface area contributed by atoms with Crippen molar-refractivity contribution >= 4 is 74.8 Å². The Bertz CT molecular complexity index is 1170. The van der Waals surface area contributed by atoms with Crippen LogP contribution in [0.4, 0.5) is 5.13 Å². The third kappa shape index (κ3) is 5.21. The van der Waals surface area contributed by atoms with E-state index in [0.29, 0.717) is 21.4 Å². The van der Waals surface area contributed by atoms with Crippen molar-refractivity contribution in [3.63, 3.8) is 0 Å². The Hall–Kier alpha value is -1.69. The molecule has 12 nitrogen and oxygen atoms in total. The minimum atomic E-state index is -1.46. The van der Waals surface area contributed by atoms with Gasteiger partial charge in [-0.3, -0.25) is 14.5 Å². The van der Waals surface area contributed by atoms with E-state index in [1.807, 2.05) is 6.92 Å². The van der Waals surface area contributed by atoms with Crippen LogP contribution in [0.15, 0.2) is 26.1 Å². The van der Waals surface area contributed by atoms with E-state index in [9.17, 15) is 24.7 Å². The predicted octanol–water partition coefficient (Wildman–Crippen LogP) is -3.74. The molecule has 1 fully saturated rings. The number of nitrogen functional groups attached to an aromatic ring is 1. The summed E-state index contributed by atoms with van der Waals surface area (Å²) >= 11 is 5.09. The Labute approximate surface area is 225 Å². The summed E-state index contributed by atoms with van der Waals surface area (Å²) in [6.45, 7) is 1.82. The van der Waals surface area contributed by atoms with Gasteiger partial charge in [0.05, 0.1) is 11.7 Å². The van der Waals surface area contributed by atoms with Crippen LogP contribution in [-0.4, -0.2) is 71.7 Å². The van der Waals surface area contributed by atoms with E-state index in [2.05, 4.69) is 25.7 Å². The van der Waals surface area contributed by atoms with Gasteiger partial charge in [0.15, 0.2) is 15.2 Å². The average Bonchev–Trinajstić information content (AvgIpc) is 3.38. The second kappa shape index (κ2) is 10.7. The number of oxime groups is 1. The summed E-state index contributed by atoms with van der Waals surface area (Å²) in [6.07, 6.45) is 0. The number of nitrogens with zero attached hydrogens (tertiary/aromatic N) is 5. The van der Waals surface area contributed by atoms with E-state index in [4.69, 9.17) is 5.73 Å². The van der Waals surface area contributed by atoms with Crippen LogP contribution in [0.25, 0.3) is 0 Å². The van der Waals surface area contributed by atoms with Crippen molar-refractivity contribution in [1.29, 1.82) is 0 Å². The molecule has 0 saturated carbocycles. The van der Waals surface area contributed by atoms with E-state index in [0.717, 1.165) is 21.2 Å². The number of rotatable bonds is 7. The van der Waals surface area contributed by atoms with Crippen LogP contribution in [0.1, 0.15) is 10.7 Å². The van der Waals surface area contributed by atoms with Gasteiger partial charge in [-0.25, -0.2) is 4.98 Å². The maximum Gasteiger partial charge on any atom is 1.00 e. The second-order valence-corrected chi connectivity index (χ2v) is 10.9. The van der Waals surface area contributed by atoms with Gasteiger partial charge in [0, 0.05) is 16.9 Å². The van der Waals surface area contributed by atoms with Crippen molar-refractivity contribution < 1.29 is 54.3 Å². The smallest absolute Gasteiger partial charge is 0.543 e. The molecule has 4 rings (SSSR count). The monoisotopic (exact) mass is 535 g/mol. The SMILES string of the molecule is Cc1nnc(SCC2=C(C(=O)[O-])N3C(=O)C(NC(=O)C(=NO)c4csc(N)n4)[C@@H]3SC2)s1.[Na+]. The Morgan fingerprint density at radius 2 is 2.21 bits per heavy atom. The number of nitrogens with two attached hydrogens (primary N) is 1. The van der Waals surface area contributed by atoms with Crippen LogP contribution < -0.4 is 45.7 Å². The van der Waals surface area contributed by atoms with Crippen molar-refractivity contribution in [2.24, 2.45) is 5.16 Å². The van der Waals surface area contributed by atoms with Gasteiger partial charge in [0.1, 0.15) is 22.1 Å². The molecule has 4 N–H and O–H groups in total. The molecule has 0 bridgehead atoms. The number of carbonyl (C=O) groups excluding carboxylic acids is 3. The first-order valence-electron chi connectivity index (χ1n) is 8.85. The number of hydrogen-bond donors (Lipinski definition) is 3. The van der Waals surface area contributed by atoms with E-state index in [1.54, 1.807) is 0 Å². The Morgan fingerprint density at radius 1 is 1.45 bits per heavy atom. The number of carboxylic acid groups (broad SMARTS) is 1. The third-order valence-electron chi connectivity index (χ3n) is 4.48. The second-order valence-electron chi connectivity index (χ2n) is 6.50. The first kappa shape index (κ1) is 25.9. The number of aryl methyl sites for hydroxylation is 1. The molecule has 33 heavy (non-hydrogen) atoms. The number of nitrogens with one attached hydrogen (secondary N) is 1. The van der Waals surface area contributed by atoms with Gasteiger partial charge in [0.25, 0.3) is 11.8 Å². The van der Waals surface area contributed by atoms with Crippen LogP contribution in [0, 0.1) is 6.92 Å². The maximum atomic E-state index is 12.7. The molecule has 2 aromatic heterocycles. The molecular formula is C16H14N7NaO5S4. The van der Waals surface area contributed by atoms with Crippen molar-refractivity contribution in [1.82, 2.24) is 25.4 Å². The van der Waals surface area contributed by atoms with Crippen LogP contribution in [0.2, 0.25) is 0 Å². The largest absolute Gasteiger partial charge is 1.00 e. The van der Waals surface area contributed by atoms with Gasteiger partial charge in [-0.15, -0.1) is 33.3 Å². The van der Waals surface area contributed by atoms with Gasteiger partial charge in [-0.1, -0.05) is 28.3 Å². The standard InChI is InChI=1S/C16H15N7O5S4.Na/c1-5-20-21-16(32-5)31-3-6-2-29-13-9(12(25)23(13)10(6)14(26)27)19-11(24)8(22-28)7-4-30-15(17)18-7;/h4,9,13,28H,2-3H2,1H3,(H2,17,18)(H,19,24)(H,26,27);/q;+1/p-1/t9?,13-;/m0./s1. The minimum Gasteiger partial charge on any atom is -0.543 e. The van der Waals surface area contributed by atoms with E-state index >= 15 is 0 Å². The molecule has 4 heterocycles. The van der Waals surface area contributed by atoms with Crippen molar-refractivity contribution in [3.8, 4) is 0 Å². The molecule has 1 saturated heterocycles. The van der Waals surface area contributed by atoms with Gasteiger partial charge in [0.2, 0.25) is 0 Å². The van der Waals surface area contributed by atoms with Gasteiger partial charge in [-0.2, -0.15) is 0 Å². The molecule has 0 aliphatic carbocycles. The zero-order valence-electron chi connectivity index (χ0n) is 17.2. The molecule has 0 spiro atoms. The maximum absolute atomic E-state index is 12.7. The number of β-lactam (4-membered cyclic amide) rings is 1. The van der Waals surface area contributed by atoms with Gasteiger partial charge in [-0.05, 0) is 12.5 Å². The van der Waals surface area contributed by atoms with E-state index in [-0.39, 0.29) is 46.1 Å². The van der Waals surface area contributed by atoms with E-state index in [1.165, 1.54) is 40.2 Å². The van der Waals surface area contributed by atoms with Crippen molar-refractivity contribution in [2.45, 2.75) is 22.7 Å². The first-order valence-corrected chi connectivity index (χ1v) is 12.6. The number of amides is 2. The Balaban J connectivity index is 0.00000306. The molecule has 2 aromatic rings. The summed E-state index contributed by atoms with van der Waals surface area (Å²) in [5, 5.41) is 36.2. The van der Waals surface area contributed by atoms with Crippen LogP contribution in [0.5, 0.6) is 0 Å². The topological polar surface area (TPSA) is 187 Å². The Morgan fingerprint density at radius 3 is 2.79 bits per heavy atom. The summed E-state index contributed by atoms with van der Waals surface area (Å²) in [6, 6.07) is -0.991. The fourth-order valence-corrected chi connectivity index (χ4v) is 6.94. The zero-order chi connectivity index (χ0) is 23.0. The normalized spacial score (nSPS) is 20.1.